The van der Waals surface area contributed by atoms with Crippen LogP contribution in [0.5, 0.6) is 0 Å². The number of carbonyl (C=O) groups excluding carboxylic acids is 1. The van der Waals surface area contributed by atoms with Crippen LogP contribution < -0.4 is 11.1 Å². The van der Waals surface area contributed by atoms with E-state index in [0.717, 1.165) is 25.3 Å². The van der Waals surface area contributed by atoms with Gasteiger partial charge >= 0.3 is 6.18 Å². The summed E-state index contributed by atoms with van der Waals surface area (Å²) in [5, 5.41) is 2.56. The molecule has 0 heterocycles. The van der Waals surface area contributed by atoms with E-state index in [1.54, 1.807) is 37.3 Å². The summed E-state index contributed by atoms with van der Waals surface area (Å²) in [7, 11) is 0. The van der Waals surface area contributed by atoms with Crippen molar-refractivity contribution in [1.82, 2.24) is 5.32 Å². The van der Waals surface area contributed by atoms with Crippen LogP contribution in [0.3, 0.4) is 0 Å². The van der Waals surface area contributed by atoms with Crippen LogP contribution in [0.2, 0.25) is 0 Å². The largest absolute Gasteiger partial charge is 0.474 e. The molecule has 36 heavy (non-hydrogen) atoms. The molecule has 0 saturated heterocycles. The summed E-state index contributed by atoms with van der Waals surface area (Å²) in [4.78, 5) is 13.1. The molecule has 2 unspecified atom stereocenters. The van der Waals surface area contributed by atoms with Crippen molar-refractivity contribution in [1.29, 1.82) is 0 Å². The van der Waals surface area contributed by atoms with Gasteiger partial charge in [-0.2, -0.15) is 13.2 Å². The van der Waals surface area contributed by atoms with Crippen molar-refractivity contribution in [3.05, 3.63) is 52.2 Å². The van der Waals surface area contributed by atoms with Gasteiger partial charge in [-0.25, -0.2) is 0 Å². The first-order valence-electron chi connectivity index (χ1n) is 13.1. The summed E-state index contributed by atoms with van der Waals surface area (Å²) in [6.45, 7) is 4.01. The van der Waals surface area contributed by atoms with Crippen LogP contribution in [0.1, 0.15) is 90.0 Å². The standard InChI is InChI=1S/C28H40BrF3N2O2/c1-3-4-5-6-7-8-9-10-11-15-18-34-26(35)27(28(30,31)32)19-23(22-16-13-12-14-17-22)25(24(29)20-27)36-21(2)33/h12-14,16-17,20-21H,3-11,15,18-19,33H2,1-2H3,(H,34,35). The normalized spacial score (nSPS) is 19.1. The molecule has 4 nitrogen and oxygen atoms in total. The number of benzene rings is 1. The van der Waals surface area contributed by atoms with Crippen LogP contribution in [0.4, 0.5) is 13.2 Å². The van der Waals surface area contributed by atoms with Crippen molar-refractivity contribution in [2.24, 2.45) is 11.1 Å². The maximum Gasteiger partial charge on any atom is 0.406 e. The molecule has 0 saturated carbocycles. The SMILES string of the molecule is CCCCCCCCCCCCNC(=O)C1(C(F)(F)F)C=C(Br)C(OC(C)N)=C(c2ccccc2)C1. The average molecular weight is 574 g/mol. The Hall–Kier alpha value is -1.80. The second-order valence-corrected chi connectivity index (χ2v) is 10.4. The fourth-order valence-corrected chi connectivity index (χ4v) is 5.17. The van der Waals surface area contributed by atoms with E-state index in [4.69, 9.17) is 10.5 Å². The Morgan fingerprint density at radius 1 is 1.06 bits per heavy atom. The number of hydrogen-bond donors (Lipinski definition) is 2. The van der Waals surface area contributed by atoms with Gasteiger partial charge in [-0.15, -0.1) is 0 Å². The zero-order valence-electron chi connectivity index (χ0n) is 21.4. The van der Waals surface area contributed by atoms with Crippen molar-refractivity contribution in [2.45, 2.75) is 96.9 Å². The molecule has 8 heteroatoms. The van der Waals surface area contributed by atoms with Gasteiger partial charge in [0.2, 0.25) is 5.91 Å². The summed E-state index contributed by atoms with van der Waals surface area (Å²) < 4.78 is 49.3. The molecule has 0 spiro atoms. The van der Waals surface area contributed by atoms with Crippen LogP contribution in [-0.4, -0.2) is 24.9 Å². The Balaban J connectivity index is 2.04. The minimum absolute atomic E-state index is 0.0660. The van der Waals surface area contributed by atoms with Gasteiger partial charge in [0.1, 0.15) is 12.0 Å². The van der Waals surface area contributed by atoms with Gasteiger partial charge in [-0.3, -0.25) is 10.5 Å². The summed E-state index contributed by atoms with van der Waals surface area (Å²) in [5.74, 6) is -0.824. The molecule has 1 aliphatic carbocycles. The van der Waals surface area contributed by atoms with Gasteiger partial charge in [-0.1, -0.05) is 95.0 Å². The van der Waals surface area contributed by atoms with Crippen molar-refractivity contribution in [3.63, 3.8) is 0 Å². The minimum atomic E-state index is -4.80. The average Bonchev–Trinajstić information content (AvgIpc) is 2.83. The van der Waals surface area contributed by atoms with Gasteiger partial charge in [0.05, 0.1) is 4.48 Å². The maximum absolute atomic E-state index is 14.5. The summed E-state index contributed by atoms with van der Waals surface area (Å²) in [6.07, 6.45) is 6.00. The molecule has 3 N–H and O–H groups in total. The van der Waals surface area contributed by atoms with Crippen LogP contribution >= 0.6 is 15.9 Å². The van der Waals surface area contributed by atoms with Crippen LogP contribution in [0, 0.1) is 5.41 Å². The van der Waals surface area contributed by atoms with E-state index in [9.17, 15) is 18.0 Å². The predicted octanol–water partition coefficient (Wildman–Crippen LogP) is 7.99. The third-order valence-corrected chi connectivity index (χ3v) is 7.06. The summed E-state index contributed by atoms with van der Waals surface area (Å²) in [6, 6.07) is 8.65. The van der Waals surface area contributed by atoms with E-state index < -0.39 is 30.1 Å². The van der Waals surface area contributed by atoms with Gasteiger partial charge < -0.3 is 10.1 Å². The van der Waals surface area contributed by atoms with Gasteiger partial charge in [-0.05, 0) is 40.9 Å². The zero-order chi connectivity index (χ0) is 26.6. The number of allylic oxidation sites excluding steroid dienone is 2. The van der Waals surface area contributed by atoms with Crippen LogP contribution in [-0.2, 0) is 9.53 Å². The molecule has 1 aliphatic rings. The number of carbonyl (C=O) groups is 1. The Morgan fingerprint density at radius 3 is 2.14 bits per heavy atom. The molecule has 0 aromatic heterocycles. The molecule has 1 amide bonds. The smallest absolute Gasteiger partial charge is 0.406 e. The van der Waals surface area contributed by atoms with E-state index in [0.29, 0.717) is 12.0 Å². The molecule has 0 aliphatic heterocycles. The summed E-state index contributed by atoms with van der Waals surface area (Å²) >= 11 is 3.24. The maximum atomic E-state index is 14.5. The van der Waals surface area contributed by atoms with E-state index >= 15 is 0 Å². The Kier molecular flexibility index (Phi) is 12.5. The number of alkyl halides is 3. The third kappa shape index (κ3) is 8.65. The lowest BCUT2D eigenvalue weighted by Crippen LogP contribution is -2.51. The molecule has 0 fully saturated rings. The highest BCUT2D eigenvalue weighted by Gasteiger charge is 2.60. The topological polar surface area (TPSA) is 64.3 Å². The van der Waals surface area contributed by atoms with Gasteiger partial charge in [0, 0.05) is 18.5 Å². The van der Waals surface area contributed by atoms with Crippen molar-refractivity contribution < 1.29 is 22.7 Å². The molecule has 202 valence electrons. The lowest BCUT2D eigenvalue weighted by molar-refractivity contribution is -0.206. The number of nitrogens with two attached hydrogens (primary N) is 1. The second kappa shape index (κ2) is 14.8. The van der Waals surface area contributed by atoms with E-state index in [2.05, 4.69) is 28.2 Å². The molecule has 1 aromatic rings. The number of amides is 1. The van der Waals surface area contributed by atoms with Crippen molar-refractivity contribution in [2.75, 3.05) is 6.54 Å². The van der Waals surface area contributed by atoms with Gasteiger partial charge in [0.15, 0.2) is 5.41 Å². The highest BCUT2D eigenvalue weighted by atomic mass is 79.9. The molecule has 2 atom stereocenters. The Labute approximate surface area is 222 Å². The fourth-order valence-electron chi connectivity index (χ4n) is 4.45. The predicted molar refractivity (Wildman–Crippen MR) is 143 cm³/mol. The monoisotopic (exact) mass is 572 g/mol. The fraction of sp³-hybridized carbons (Fsp3) is 0.607. The van der Waals surface area contributed by atoms with E-state index in [1.165, 1.54) is 38.5 Å². The number of halogens is 4. The molecular formula is C28H40BrF3N2O2. The number of ether oxygens (including phenoxy) is 1. The van der Waals surface area contributed by atoms with Gasteiger partial charge in [0.25, 0.3) is 0 Å². The highest BCUT2D eigenvalue weighted by Crippen LogP contribution is 2.52. The Bertz CT molecular complexity index is 885. The zero-order valence-corrected chi connectivity index (χ0v) is 23.0. The lowest BCUT2D eigenvalue weighted by Gasteiger charge is -2.37. The van der Waals surface area contributed by atoms with Crippen LogP contribution in [0.25, 0.3) is 5.57 Å². The van der Waals surface area contributed by atoms with Crippen LogP contribution in [0.15, 0.2) is 46.6 Å². The minimum Gasteiger partial charge on any atom is -0.474 e. The number of unbranched alkanes of at least 4 members (excludes halogenated alkanes) is 9. The van der Waals surface area contributed by atoms with E-state index in [1.807, 2.05) is 0 Å². The third-order valence-electron chi connectivity index (χ3n) is 6.47. The first-order valence-corrected chi connectivity index (χ1v) is 13.9. The molecule has 1 aromatic carbocycles. The first kappa shape index (κ1) is 30.4. The molecule has 2 rings (SSSR count). The summed E-state index contributed by atoms with van der Waals surface area (Å²) in [5.41, 5.74) is 3.91. The van der Waals surface area contributed by atoms with E-state index in [-0.39, 0.29) is 22.4 Å². The Morgan fingerprint density at radius 2 is 1.61 bits per heavy atom. The highest BCUT2D eigenvalue weighted by molar-refractivity contribution is 9.12. The van der Waals surface area contributed by atoms with Crippen molar-refractivity contribution >= 4 is 27.4 Å². The molecule has 0 radical (unpaired) electrons. The quantitative estimate of drug-likeness (QED) is 0.165. The lowest BCUT2D eigenvalue weighted by atomic mass is 9.74. The number of rotatable bonds is 15. The molecular weight excluding hydrogens is 533 g/mol. The number of nitrogens with one attached hydrogen (secondary N) is 1. The first-order chi connectivity index (χ1) is 17.1. The second-order valence-electron chi connectivity index (χ2n) is 9.57. The number of hydrogen-bond acceptors (Lipinski definition) is 3. The van der Waals surface area contributed by atoms with Crippen molar-refractivity contribution in [3.8, 4) is 0 Å². The molecule has 0 bridgehead atoms.